The molecule has 1 rings (SSSR count). The van der Waals surface area contributed by atoms with Crippen molar-refractivity contribution in [1.29, 1.82) is 0 Å². The standard InChI is InChI=1S/C13H23NO4/c1-10(13(17)18)9-14(8-7-12(15)16)11-5-3-2-4-6-11/h10-11H,2-9H2,1H3,(H,15,16)(H,17,18). The van der Waals surface area contributed by atoms with Gasteiger partial charge in [-0.1, -0.05) is 26.2 Å². The Morgan fingerprint density at radius 2 is 1.83 bits per heavy atom. The molecule has 0 aliphatic heterocycles. The van der Waals surface area contributed by atoms with Gasteiger partial charge in [-0.25, -0.2) is 0 Å². The minimum Gasteiger partial charge on any atom is -0.481 e. The monoisotopic (exact) mass is 257 g/mol. The predicted octanol–water partition coefficient (Wildman–Crippen LogP) is 1.82. The van der Waals surface area contributed by atoms with Gasteiger partial charge in [0.2, 0.25) is 0 Å². The SMILES string of the molecule is CC(CN(CCC(=O)O)C1CCCCC1)C(=O)O. The van der Waals surface area contributed by atoms with Gasteiger partial charge in [0.1, 0.15) is 0 Å². The minimum atomic E-state index is -0.821. The Balaban J connectivity index is 2.55. The molecule has 0 bridgehead atoms. The van der Waals surface area contributed by atoms with Crippen molar-refractivity contribution >= 4 is 11.9 Å². The third-order valence-electron chi connectivity index (χ3n) is 3.63. The van der Waals surface area contributed by atoms with E-state index in [4.69, 9.17) is 10.2 Å². The summed E-state index contributed by atoms with van der Waals surface area (Å²) in [6.07, 6.45) is 5.77. The van der Waals surface area contributed by atoms with E-state index in [2.05, 4.69) is 4.90 Å². The maximum Gasteiger partial charge on any atom is 0.307 e. The van der Waals surface area contributed by atoms with Crippen molar-refractivity contribution in [3.05, 3.63) is 0 Å². The van der Waals surface area contributed by atoms with Gasteiger partial charge in [-0.2, -0.15) is 0 Å². The zero-order valence-electron chi connectivity index (χ0n) is 11.0. The smallest absolute Gasteiger partial charge is 0.307 e. The van der Waals surface area contributed by atoms with Crippen LogP contribution in [0.3, 0.4) is 0 Å². The summed E-state index contributed by atoms with van der Waals surface area (Å²) in [4.78, 5) is 23.6. The van der Waals surface area contributed by atoms with Crippen LogP contribution < -0.4 is 0 Å². The van der Waals surface area contributed by atoms with Gasteiger partial charge in [-0.15, -0.1) is 0 Å². The second kappa shape index (κ2) is 7.36. The molecule has 104 valence electrons. The number of hydrogen-bond donors (Lipinski definition) is 2. The Bertz CT molecular complexity index is 287. The van der Waals surface area contributed by atoms with Crippen LogP contribution in [-0.2, 0) is 9.59 Å². The first-order valence-electron chi connectivity index (χ1n) is 6.69. The summed E-state index contributed by atoms with van der Waals surface area (Å²) < 4.78 is 0. The van der Waals surface area contributed by atoms with E-state index in [0.717, 1.165) is 25.7 Å². The number of rotatable bonds is 7. The van der Waals surface area contributed by atoms with Gasteiger partial charge in [-0.3, -0.25) is 14.5 Å². The van der Waals surface area contributed by atoms with Crippen molar-refractivity contribution in [3.63, 3.8) is 0 Å². The van der Waals surface area contributed by atoms with Crippen LogP contribution in [0.25, 0.3) is 0 Å². The Labute approximate surface area is 108 Å². The zero-order chi connectivity index (χ0) is 13.5. The molecule has 0 aromatic heterocycles. The van der Waals surface area contributed by atoms with Crippen LogP contribution in [0, 0.1) is 5.92 Å². The number of hydrogen-bond acceptors (Lipinski definition) is 3. The molecule has 2 N–H and O–H groups in total. The van der Waals surface area contributed by atoms with Gasteiger partial charge in [0.15, 0.2) is 0 Å². The van der Waals surface area contributed by atoms with Crippen LogP contribution in [0.5, 0.6) is 0 Å². The third kappa shape index (κ3) is 5.04. The summed E-state index contributed by atoms with van der Waals surface area (Å²) in [6, 6.07) is 0.361. The van der Waals surface area contributed by atoms with Crippen LogP contribution in [0.1, 0.15) is 45.4 Å². The fraction of sp³-hybridized carbons (Fsp3) is 0.846. The van der Waals surface area contributed by atoms with Gasteiger partial charge < -0.3 is 10.2 Å². The molecular formula is C13H23NO4. The van der Waals surface area contributed by atoms with Crippen molar-refractivity contribution in [3.8, 4) is 0 Å². The Morgan fingerprint density at radius 3 is 2.33 bits per heavy atom. The minimum absolute atomic E-state index is 0.0861. The summed E-state index contributed by atoms with van der Waals surface area (Å²) in [6.45, 7) is 2.59. The van der Waals surface area contributed by atoms with E-state index in [1.165, 1.54) is 6.42 Å². The van der Waals surface area contributed by atoms with Crippen LogP contribution in [0.15, 0.2) is 0 Å². The normalized spacial score (nSPS) is 18.8. The van der Waals surface area contributed by atoms with Gasteiger partial charge in [0.05, 0.1) is 12.3 Å². The van der Waals surface area contributed by atoms with E-state index >= 15 is 0 Å². The van der Waals surface area contributed by atoms with Crippen LogP contribution in [0.2, 0.25) is 0 Å². The molecule has 1 saturated carbocycles. The molecule has 0 heterocycles. The first kappa shape index (κ1) is 15.0. The highest BCUT2D eigenvalue weighted by Crippen LogP contribution is 2.23. The highest BCUT2D eigenvalue weighted by atomic mass is 16.4. The molecule has 0 saturated heterocycles. The van der Waals surface area contributed by atoms with Gasteiger partial charge in [-0.05, 0) is 12.8 Å². The van der Waals surface area contributed by atoms with Crippen molar-refractivity contribution < 1.29 is 19.8 Å². The van der Waals surface area contributed by atoms with E-state index < -0.39 is 17.9 Å². The van der Waals surface area contributed by atoms with E-state index in [-0.39, 0.29) is 6.42 Å². The summed E-state index contributed by atoms with van der Waals surface area (Å²) in [5, 5.41) is 17.7. The first-order chi connectivity index (χ1) is 8.50. The van der Waals surface area contributed by atoms with Crippen molar-refractivity contribution in [2.45, 2.75) is 51.5 Å². The lowest BCUT2D eigenvalue weighted by Gasteiger charge is -2.35. The second-order valence-corrected chi connectivity index (χ2v) is 5.17. The fourth-order valence-electron chi connectivity index (χ4n) is 2.54. The maximum atomic E-state index is 10.9. The lowest BCUT2D eigenvalue weighted by atomic mass is 9.93. The highest BCUT2D eigenvalue weighted by molar-refractivity contribution is 5.69. The molecule has 1 aliphatic rings. The van der Waals surface area contributed by atoms with Crippen molar-refractivity contribution in [2.75, 3.05) is 13.1 Å². The quantitative estimate of drug-likeness (QED) is 0.727. The molecule has 1 unspecified atom stereocenters. The molecule has 0 amide bonds. The largest absolute Gasteiger partial charge is 0.481 e. The van der Waals surface area contributed by atoms with E-state index in [9.17, 15) is 9.59 Å². The zero-order valence-corrected chi connectivity index (χ0v) is 11.0. The summed E-state index contributed by atoms with van der Waals surface area (Å²) in [5.74, 6) is -2.08. The highest BCUT2D eigenvalue weighted by Gasteiger charge is 2.25. The Hall–Kier alpha value is -1.10. The molecule has 1 fully saturated rings. The Kier molecular flexibility index (Phi) is 6.12. The number of aliphatic carboxylic acids is 2. The summed E-state index contributed by atoms with van der Waals surface area (Å²) >= 11 is 0. The molecule has 5 heteroatoms. The average molecular weight is 257 g/mol. The van der Waals surface area contributed by atoms with E-state index in [1.807, 2.05) is 0 Å². The van der Waals surface area contributed by atoms with Crippen LogP contribution in [0.4, 0.5) is 0 Å². The maximum absolute atomic E-state index is 10.9. The number of carboxylic acids is 2. The van der Waals surface area contributed by atoms with Crippen LogP contribution in [-0.4, -0.2) is 46.2 Å². The summed E-state index contributed by atoms with van der Waals surface area (Å²) in [5.41, 5.74) is 0. The van der Waals surface area contributed by atoms with E-state index in [1.54, 1.807) is 6.92 Å². The summed E-state index contributed by atoms with van der Waals surface area (Å²) in [7, 11) is 0. The molecule has 0 radical (unpaired) electrons. The van der Waals surface area contributed by atoms with Gasteiger partial charge in [0.25, 0.3) is 0 Å². The fourth-order valence-corrected chi connectivity index (χ4v) is 2.54. The number of carbonyl (C=O) groups is 2. The van der Waals surface area contributed by atoms with Gasteiger partial charge in [0, 0.05) is 19.1 Å². The molecule has 0 aromatic carbocycles. The lowest BCUT2D eigenvalue weighted by molar-refractivity contribution is -0.142. The average Bonchev–Trinajstić information content (AvgIpc) is 2.34. The van der Waals surface area contributed by atoms with Gasteiger partial charge >= 0.3 is 11.9 Å². The van der Waals surface area contributed by atoms with Crippen molar-refractivity contribution in [1.82, 2.24) is 4.90 Å². The second-order valence-electron chi connectivity index (χ2n) is 5.17. The molecular weight excluding hydrogens is 234 g/mol. The molecule has 1 aliphatic carbocycles. The predicted molar refractivity (Wildman–Crippen MR) is 67.5 cm³/mol. The molecule has 1 atom stereocenters. The lowest BCUT2D eigenvalue weighted by Crippen LogP contribution is -2.42. The Morgan fingerprint density at radius 1 is 1.22 bits per heavy atom. The molecule has 0 spiro atoms. The van der Waals surface area contributed by atoms with Crippen molar-refractivity contribution in [2.24, 2.45) is 5.92 Å². The molecule has 18 heavy (non-hydrogen) atoms. The molecule has 5 nitrogen and oxygen atoms in total. The van der Waals surface area contributed by atoms with E-state index in [0.29, 0.717) is 19.1 Å². The third-order valence-corrected chi connectivity index (χ3v) is 3.63. The topological polar surface area (TPSA) is 77.8 Å². The first-order valence-corrected chi connectivity index (χ1v) is 6.69. The number of nitrogens with zero attached hydrogens (tertiary/aromatic N) is 1. The van der Waals surface area contributed by atoms with Crippen LogP contribution >= 0.6 is 0 Å². The number of carboxylic acid groups (broad SMARTS) is 2. The molecule has 0 aromatic rings.